The lowest BCUT2D eigenvalue weighted by atomic mass is 10.0. The molecule has 2 N–H and O–H groups in total. The third kappa shape index (κ3) is 3.93. The molecule has 0 atom stereocenters. The average molecular weight is 419 g/mol. The maximum atomic E-state index is 13.5. The molecule has 1 aliphatic heterocycles. The molecule has 4 rings (SSSR count). The summed E-state index contributed by atoms with van der Waals surface area (Å²) >= 11 is 0. The van der Waals surface area contributed by atoms with E-state index in [1.54, 1.807) is 6.07 Å². The number of para-hydroxylation sites is 1. The Balaban J connectivity index is 1.57. The molecule has 0 aliphatic carbocycles. The first kappa shape index (κ1) is 20.1. The molecule has 2 heterocycles. The van der Waals surface area contributed by atoms with Crippen LogP contribution in [-0.4, -0.2) is 26.5 Å². The van der Waals surface area contributed by atoms with Gasteiger partial charge in [-0.15, -0.1) is 0 Å². The normalized spacial score (nSPS) is 14.5. The Morgan fingerprint density at radius 3 is 2.57 bits per heavy atom. The number of nitrogens with one attached hydrogen (secondary N) is 1. The Kier molecular flexibility index (Phi) is 5.07. The summed E-state index contributed by atoms with van der Waals surface area (Å²) < 4.78 is 51.7. The molecule has 1 aliphatic rings. The molecule has 0 saturated heterocycles. The monoisotopic (exact) mass is 419 g/mol. The largest absolute Gasteiger partial charge is 0.505 e. The molecule has 5 nitrogen and oxygen atoms in total. The van der Waals surface area contributed by atoms with E-state index in [1.165, 1.54) is 24.3 Å². The van der Waals surface area contributed by atoms with Crippen LogP contribution < -0.4 is 5.56 Å². The first-order valence-electron chi connectivity index (χ1n) is 9.21. The van der Waals surface area contributed by atoms with Crippen molar-refractivity contribution in [2.45, 2.75) is 25.7 Å². The zero-order valence-corrected chi connectivity index (χ0v) is 15.6. The van der Waals surface area contributed by atoms with Crippen LogP contribution in [0.4, 0.5) is 17.6 Å². The number of fused-ring (bicyclic) bond motifs is 1. The number of halogens is 4. The smallest absolute Gasteiger partial charge is 0.416 e. The van der Waals surface area contributed by atoms with Crippen molar-refractivity contribution >= 4 is 0 Å². The first-order chi connectivity index (χ1) is 14.2. The predicted octanol–water partition coefficient (Wildman–Crippen LogP) is 3.86. The Morgan fingerprint density at radius 1 is 1.13 bits per heavy atom. The van der Waals surface area contributed by atoms with Crippen LogP contribution in [0.15, 0.2) is 47.3 Å². The number of H-pyrrole nitrogens is 1. The number of aromatic amines is 1. The highest BCUT2D eigenvalue weighted by Gasteiger charge is 2.30. The summed E-state index contributed by atoms with van der Waals surface area (Å²) in [5.41, 5.74) is 0.686. The van der Waals surface area contributed by atoms with Crippen molar-refractivity contribution in [1.82, 2.24) is 14.9 Å². The fourth-order valence-electron chi connectivity index (χ4n) is 3.50. The molecule has 2 aromatic carbocycles. The van der Waals surface area contributed by atoms with Gasteiger partial charge in [0.2, 0.25) is 0 Å². The van der Waals surface area contributed by atoms with Crippen molar-refractivity contribution in [1.29, 1.82) is 0 Å². The van der Waals surface area contributed by atoms with Gasteiger partial charge in [0.25, 0.3) is 5.56 Å². The van der Waals surface area contributed by atoms with Crippen LogP contribution in [0, 0.1) is 5.82 Å². The van der Waals surface area contributed by atoms with Gasteiger partial charge in [-0.2, -0.15) is 13.2 Å². The fourth-order valence-corrected chi connectivity index (χ4v) is 3.50. The van der Waals surface area contributed by atoms with Crippen molar-refractivity contribution in [3.8, 4) is 17.1 Å². The number of phenolic OH excluding ortho intramolecular Hbond substituents is 1. The number of aromatic hydroxyl groups is 1. The topological polar surface area (TPSA) is 69.2 Å². The summed E-state index contributed by atoms with van der Waals surface area (Å²) in [5, 5.41) is 9.86. The second kappa shape index (κ2) is 7.56. The summed E-state index contributed by atoms with van der Waals surface area (Å²) in [4.78, 5) is 21.6. The summed E-state index contributed by atoms with van der Waals surface area (Å²) in [7, 11) is 0. The molecule has 30 heavy (non-hydrogen) atoms. The second-order valence-electron chi connectivity index (χ2n) is 7.12. The molecule has 1 aromatic heterocycles. The fraction of sp³-hybridized carbons (Fsp3) is 0.238. The molecular formula is C21H17F4N3O2. The van der Waals surface area contributed by atoms with Crippen molar-refractivity contribution in [3.63, 3.8) is 0 Å². The Hall–Kier alpha value is -3.20. The van der Waals surface area contributed by atoms with Gasteiger partial charge in [0.1, 0.15) is 5.82 Å². The van der Waals surface area contributed by atoms with E-state index >= 15 is 0 Å². The van der Waals surface area contributed by atoms with Crippen molar-refractivity contribution in [2.24, 2.45) is 0 Å². The van der Waals surface area contributed by atoms with Crippen molar-refractivity contribution in [3.05, 3.63) is 81.0 Å². The molecule has 3 aromatic rings. The van der Waals surface area contributed by atoms with Crippen LogP contribution in [0.25, 0.3) is 11.4 Å². The van der Waals surface area contributed by atoms with E-state index in [0.717, 1.165) is 12.1 Å². The van der Waals surface area contributed by atoms with Crippen LogP contribution in [0.1, 0.15) is 22.4 Å². The van der Waals surface area contributed by atoms with E-state index in [1.807, 2.05) is 4.90 Å². The summed E-state index contributed by atoms with van der Waals surface area (Å²) in [6, 6.07) is 8.73. The number of alkyl halides is 3. The number of nitrogens with zero attached hydrogens (tertiary/aromatic N) is 2. The number of aromatic nitrogens is 2. The molecule has 0 spiro atoms. The highest BCUT2D eigenvalue weighted by Crippen LogP contribution is 2.30. The molecule has 0 fully saturated rings. The van der Waals surface area contributed by atoms with E-state index in [2.05, 4.69) is 9.97 Å². The molecule has 0 amide bonds. The third-order valence-corrected chi connectivity index (χ3v) is 5.10. The van der Waals surface area contributed by atoms with Crippen LogP contribution in [0.2, 0.25) is 0 Å². The minimum Gasteiger partial charge on any atom is -0.505 e. The van der Waals surface area contributed by atoms with Gasteiger partial charge in [-0.3, -0.25) is 9.69 Å². The van der Waals surface area contributed by atoms with Gasteiger partial charge in [0.05, 0.1) is 16.8 Å². The van der Waals surface area contributed by atoms with E-state index in [9.17, 15) is 27.5 Å². The summed E-state index contributed by atoms with van der Waals surface area (Å²) in [5.74, 6) is -0.901. The zero-order valence-electron chi connectivity index (χ0n) is 15.6. The van der Waals surface area contributed by atoms with Crippen molar-refractivity contribution < 1.29 is 22.7 Å². The first-order valence-corrected chi connectivity index (χ1v) is 9.21. The van der Waals surface area contributed by atoms with Crippen LogP contribution in [-0.2, 0) is 25.7 Å². The van der Waals surface area contributed by atoms with Gasteiger partial charge in [-0.1, -0.05) is 24.3 Å². The van der Waals surface area contributed by atoms with E-state index < -0.39 is 23.3 Å². The Bertz CT molecular complexity index is 1140. The van der Waals surface area contributed by atoms with Crippen LogP contribution >= 0.6 is 0 Å². The molecule has 156 valence electrons. The lowest BCUT2D eigenvalue weighted by Gasteiger charge is -2.28. The summed E-state index contributed by atoms with van der Waals surface area (Å²) in [6.45, 7) is 1.07. The predicted molar refractivity (Wildman–Crippen MR) is 101 cm³/mol. The number of benzene rings is 2. The molecule has 0 radical (unpaired) electrons. The maximum Gasteiger partial charge on any atom is 0.416 e. The third-order valence-electron chi connectivity index (χ3n) is 5.10. The molecular weight excluding hydrogens is 402 g/mol. The number of phenols is 1. The van der Waals surface area contributed by atoms with Gasteiger partial charge in [-0.25, -0.2) is 9.37 Å². The van der Waals surface area contributed by atoms with Crippen LogP contribution in [0.5, 0.6) is 5.75 Å². The minimum absolute atomic E-state index is 0.212. The molecule has 0 bridgehead atoms. The maximum absolute atomic E-state index is 13.5. The molecule has 0 saturated carbocycles. The highest BCUT2D eigenvalue weighted by atomic mass is 19.4. The highest BCUT2D eigenvalue weighted by molar-refractivity contribution is 5.56. The van der Waals surface area contributed by atoms with Gasteiger partial charge >= 0.3 is 6.18 Å². The van der Waals surface area contributed by atoms with E-state index in [0.29, 0.717) is 35.3 Å². The standard InChI is InChI=1S/C21H17F4N3O2/c22-16-3-1-2-13(18(16)29)10-28-9-8-17-15(11-28)20(30)27-19(26-17)12-4-6-14(7-5-12)21(23,24)25/h1-7,29H,8-11H2,(H,26,27,30). The van der Waals surface area contributed by atoms with Crippen LogP contribution in [0.3, 0.4) is 0 Å². The van der Waals surface area contributed by atoms with Gasteiger partial charge in [0.15, 0.2) is 11.6 Å². The van der Waals surface area contributed by atoms with Crippen molar-refractivity contribution in [2.75, 3.05) is 6.54 Å². The van der Waals surface area contributed by atoms with Gasteiger partial charge in [0, 0.05) is 37.2 Å². The Labute approximate surface area is 168 Å². The lowest BCUT2D eigenvalue weighted by molar-refractivity contribution is -0.137. The Morgan fingerprint density at radius 2 is 1.87 bits per heavy atom. The average Bonchev–Trinajstić information content (AvgIpc) is 2.71. The van der Waals surface area contributed by atoms with Gasteiger partial charge in [-0.05, 0) is 18.2 Å². The van der Waals surface area contributed by atoms with E-state index in [-0.39, 0.29) is 24.5 Å². The number of hydrogen-bond donors (Lipinski definition) is 2. The second-order valence-corrected chi connectivity index (χ2v) is 7.12. The summed E-state index contributed by atoms with van der Waals surface area (Å²) in [6.07, 6.45) is -3.99. The molecule has 0 unspecified atom stereocenters. The molecule has 9 heteroatoms. The quantitative estimate of drug-likeness (QED) is 0.633. The van der Waals surface area contributed by atoms with E-state index in [4.69, 9.17) is 0 Å². The number of rotatable bonds is 3. The minimum atomic E-state index is -4.44. The van der Waals surface area contributed by atoms with Gasteiger partial charge < -0.3 is 10.1 Å². The SMILES string of the molecule is O=c1[nH]c(-c2ccc(C(F)(F)F)cc2)nc2c1CN(Cc1cccc(F)c1O)CC2. The number of hydrogen-bond acceptors (Lipinski definition) is 4. The lowest BCUT2D eigenvalue weighted by Crippen LogP contribution is -2.35. The zero-order chi connectivity index (χ0) is 21.5.